The third-order valence-corrected chi connectivity index (χ3v) is 2.86. The molecule has 1 fully saturated rings. The Hall–Kier alpha value is -1.60. The van der Waals surface area contributed by atoms with Gasteiger partial charge in [-0.05, 0) is 17.9 Å². The molecule has 100 valence electrons. The van der Waals surface area contributed by atoms with Crippen LogP contribution < -0.4 is 5.32 Å². The van der Waals surface area contributed by atoms with Crippen molar-refractivity contribution in [1.82, 2.24) is 15.2 Å². The van der Waals surface area contributed by atoms with Crippen molar-refractivity contribution >= 4 is 24.1 Å². The molecule has 7 nitrogen and oxygen atoms in total. The average molecular weight is 275 g/mol. The highest BCUT2D eigenvalue weighted by molar-refractivity contribution is 5.93. The van der Waals surface area contributed by atoms with Gasteiger partial charge < -0.3 is 20.3 Å². The first-order valence-corrected chi connectivity index (χ1v) is 5.44. The van der Waals surface area contributed by atoms with Crippen LogP contribution in [0.3, 0.4) is 0 Å². The standard InChI is InChI=1S/C10H14N4O3.ClH/c1-7-6-11-4-5-13(7)10(15)8-2-3-9(12-8)14(16)17;/h2-3,7,11-12H,4-6H2,1H3;1H/t7-;/m0./s1. The van der Waals surface area contributed by atoms with E-state index >= 15 is 0 Å². The van der Waals surface area contributed by atoms with Gasteiger partial charge in [0.2, 0.25) is 0 Å². The zero-order valence-corrected chi connectivity index (χ0v) is 10.7. The smallest absolute Gasteiger partial charge is 0.321 e. The fourth-order valence-corrected chi connectivity index (χ4v) is 1.91. The van der Waals surface area contributed by atoms with Gasteiger partial charge in [0, 0.05) is 31.7 Å². The molecule has 2 N–H and O–H groups in total. The summed E-state index contributed by atoms with van der Waals surface area (Å²) in [5, 5.41) is 13.7. The van der Waals surface area contributed by atoms with E-state index in [1.54, 1.807) is 4.90 Å². The Balaban J connectivity index is 0.00000162. The van der Waals surface area contributed by atoms with Gasteiger partial charge in [0.15, 0.2) is 5.69 Å². The van der Waals surface area contributed by atoms with Crippen molar-refractivity contribution < 1.29 is 9.72 Å². The molecule has 2 rings (SSSR count). The highest BCUT2D eigenvalue weighted by Crippen LogP contribution is 2.14. The van der Waals surface area contributed by atoms with Gasteiger partial charge >= 0.3 is 5.82 Å². The van der Waals surface area contributed by atoms with Crippen molar-refractivity contribution in [2.24, 2.45) is 0 Å². The minimum Gasteiger partial charge on any atom is -0.358 e. The molecule has 0 unspecified atom stereocenters. The highest BCUT2D eigenvalue weighted by atomic mass is 35.5. The Morgan fingerprint density at radius 1 is 1.56 bits per heavy atom. The van der Waals surface area contributed by atoms with Crippen molar-refractivity contribution in [2.75, 3.05) is 19.6 Å². The fourth-order valence-electron chi connectivity index (χ4n) is 1.91. The summed E-state index contributed by atoms with van der Waals surface area (Å²) in [6, 6.07) is 2.86. The van der Waals surface area contributed by atoms with E-state index in [1.807, 2.05) is 6.92 Å². The monoisotopic (exact) mass is 274 g/mol. The second kappa shape index (κ2) is 5.83. The molecule has 0 saturated carbocycles. The van der Waals surface area contributed by atoms with Crippen LogP contribution in [-0.2, 0) is 0 Å². The zero-order valence-electron chi connectivity index (χ0n) is 9.88. The van der Waals surface area contributed by atoms with Gasteiger partial charge in [-0.3, -0.25) is 4.79 Å². The number of nitrogens with one attached hydrogen (secondary N) is 2. The SMILES string of the molecule is C[C@H]1CNCCN1C(=O)c1ccc([N+](=O)[O-])[nH]1.Cl. The second-order valence-corrected chi connectivity index (χ2v) is 4.07. The molecular formula is C10H15ClN4O3. The Morgan fingerprint density at radius 3 is 2.83 bits per heavy atom. The van der Waals surface area contributed by atoms with Gasteiger partial charge in [0.25, 0.3) is 5.91 Å². The van der Waals surface area contributed by atoms with Gasteiger partial charge in [-0.25, -0.2) is 4.98 Å². The molecule has 1 aromatic heterocycles. The number of piperazine rings is 1. The Kier molecular flexibility index (Phi) is 4.69. The number of hydrogen-bond donors (Lipinski definition) is 2. The van der Waals surface area contributed by atoms with Gasteiger partial charge in [-0.15, -0.1) is 12.4 Å². The normalized spacial score (nSPS) is 19.2. The van der Waals surface area contributed by atoms with Crippen LogP contribution in [0.25, 0.3) is 0 Å². The maximum Gasteiger partial charge on any atom is 0.321 e. The molecule has 0 bridgehead atoms. The van der Waals surface area contributed by atoms with Crippen molar-refractivity contribution in [3.63, 3.8) is 0 Å². The van der Waals surface area contributed by atoms with Crippen LogP contribution in [0, 0.1) is 10.1 Å². The number of H-pyrrole nitrogens is 1. The summed E-state index contributed by atoms with van der Waals surface area (Å²) in [7, 11) is 0. The van der Waals surface area contributed by atoms with Crippen LogP contribution in [0.2, 0.25) is 0 Å². The van der Waals surface area contributed by atoms with E-state index in [4.69, 9.17) is 0 Å². The number of hydrogen-bond acceptors (Lipinski definition) is 4. The van der Waals surface area contributed by atoms with Crippen LogP contribution in [-0.4, -0.2) is 46.4 Å². The molecule has 0 spiro atoms. The summed E-state index contributed by atoms with van der Waals surface area (Å²) in [5.41, 5.74) is 0.269. The lowest BCUT2D eigenvalue weighted by Crippen LogP contribution is -2.52. The molecule has 0 radical (unpaired) electrons. The summed E-state index contributed by atoms with van der Waals surface area (Å²) >= 11 is 0. The lowest BCUT2D eigenvalue weighted by Gasteiger charge is -2.33. The number of rotatable bonds is 2. The van der Waals surface area contributed by atoms with E-state index < -0.39 is 4.92 Å². The molecule has 1 aliphatic heterocycles. The first kappa shape index (κ1) is 14.5. The number of nitro groups is 1. The van der Waals surface area contributed by atoms with E-state index in [0.717, 1.165) is 13.1 Å². The highest BCUT2D eigenvalue weighted by Gasteiger charge is 2.27. The number of nitrogens with zero attached hydrogens (tertiary/aromatic N) is 2. The Morgan fingerprint density at radius 2 is 2.28 bits per heavy atom. The summed E-state index contributed by atoms with van der Waals surface area (Å²) in [5.74, 6) is -0.344. The summed E-state index contributed by atoms with van der Waals surface area (Å²) in [6.07, 6.45) is 0. The molecule has 0 aromatic carbocycles. The molecule has 8 heteroatoms. The number of aromatic amines is 1. The fraction of sp³-hybridized carbons (Fsp3) is 0.500. The Labute approximate surface area is 110 Å². The summed E-state index contributed by atoms with van der Waals surface area (Å²) in [4.78, 5) is 26.3. The van der Waals surface area contributed by atoms with Crippen LogP contribution >= 0.6 is 12.4 Å². The van der Waals surface area contributed by atoms with Crippen LogP contribution in [0.4, 0.5) is 5.82 Å². The third-order valence-electron chi connectivity index (χ3n) is 2.86. The van der Waals surface area contributed by atoms with Crippen LogP contribution in [0.15, 0.2) is 12.1 Å². The molecular weight excluding hydrogens is 260 g/mol. The third kappa shape index (κ3) is 2.80. The first-order chi connectivity index (χ1) is 8.09. The number of halogens is 1. The maximum atomic E-state index is 12.1. The quantitative estimate of drug-likeness (QED) is 0.616. The van der Waals surface area contributed by atoms with Gasteiger partial charge in [-0.1, -0.05) is 0 Å². The van der Waals surface area contributed by atoms with E-state index in [9.17, 15) is 14.9 Å². The van der Waals surface area contributed by atoms with Crippen molar-refractivity contribution in [3.8, 4) is 0 Å². The minimum atomic E-state index is -0.544. The van der Waals surface area contributed by atoms with E-state index in [1.165, 1.54) is 12.1 Å². The molecule has 0 aliphatic carbocycles. The molecule has 18 heavy (non-hydrogen) atoms. The van der Waals surface area contributed by atoms with E-state index in [2.05, 4.69) is 10.3 Å². The summed E-state index contributed by atoms with van der Waals surface area (Å²) < 4.78 is 0. The number of carbonyl (C=O) groups excluding carboxylic acids is 1. The lowest BCUT2D eigenvalue weighted by atomic mass is 10.2. The van der Waals surface area contributed by atoms with Crippen molar-refractivity contribution in [3.05, 3.63) is 27.9 Å². The van der Waals surface area contributed by atoms with Crippen LogP contribution in [0.1, 0.15) is 17.4 Å². The second-order valence-electron chi connectivity index (χ2n) is 4.07. The number of carbonyl (C=O) groups is 1. The summed E-state index contributed by atoms with van der Waals surface area (Å²) in [6.45, 7) is 4.06. The molecule has 1 amide bonds. The minimum absolute atomic E-state index is 0. The van der Waals surface area contributed by atoms with E-state index in [0.29, 0.717) is 6.54 Å². The predicted octanol–water partition coefficient (Wildman–Crippen LogP) is 0.779. The topological polar surface area (TPSA) is 91.3 Å². The molecule has 1 atom stereocenters. The average Bonchev–Trinajstić information content (AvgIpc) is 2.78. The van der Waals surface area contributed by atoms with Crippen LogP contribution in [0.5, 0.6) is 0 Å². The van der Waals surface area contributed by atoms with E-state index in [-0.39, 0.29) is 35.9 Å². The zero-order chi connectivity index (χ0) is 12.4. The molecule has 1 aliphatic rings. The molecule has 1 saturated heterocycles. The van der Waals surface area contributed by atoms with Crippen molar-refractivity contribution in [2.45, 2.75) is 13.0 Å². The first-order valence-electron chi connectivity index (χ1n) is 5.44. The largest absolute Gasteiger partial charge is 0.358 e. The number of aromatic nitrogens is 1. The van der Waals surface area contributed by atoms with Gasteiger partial charge in [0.05, 0.1) is 0 Å². The molecule has 2 heterocycles. The lowest BCUT2D eigenvalue weighted by molar-refractivity contribution is -0.389. The van der Waals surface area contributed by atoms with Gasteiger partial charge in [-0.2, -0.15) is 0 Å². The predicted molar refractivity (Wildman–Crippen MR) is 68.1 cm³/mol. The maximum absolute atomic E-state index is 12.1. The van der Waals surface area contributed by atoms with Crippen molar-refractivity contribution in [1.29, 1.82) is 0 Å². The van der Waals surface area contributed by atoms with Gasteiger partial charge in [0.1, 0.15) is 0 Å². The number of amides is 1. The molecule has 1 aromatic rings. The Bertz CT molecular complexity index is 448.